The molecule has 0 aromatic heterocycles. The molecule has 0 heterocycles. The maximum absolute atomic E-state index is 11.1. The van der Waals surface area contributed by atoms with Crippen molar-refractivity contribution in [2.24, 2.45) is 4.99 Å². The van der Waals surface area contributed by atoms with Crippen molar-refractivity contribution in [1.29, 1.82) is 0 Å². The van der Waals surface area contributed by atoms with Crippen LogP contribution in [0.2, 0.25) is 0 Å². The molecule has 1 aromatic carbocycles. The van der Waals surface area contributed by atoms with Gasteiger partial charge in [-0.3, -0.25) is 9.79 Å². The predicted molar refractivity (Wildman–Crippen MR) is 117 cm³/mol. The number of nitrogens with zero attached hydrogens (tertiary/aromatic N) is 1. The average Bonchev–Trinajstić information content (AvgIpc) is 2.59. The fourth-order valence-electron chi connectivity index (χ4n) is 2.03. The van der Waals surface area contributed by atoms with Gasteiger partial charge in [-0.15, -0.1) is 35.7 Å². The Labute approximate surface area is 172 Å². The van der Waals surface area contributed by atoms with E-state index in [1.54, 1.807) is 0 Å². The van der Waals surface area contributed by atoms with E-state index in [9.17, 15) is 4.79 Å². The van der Waals surface area contributed by atoms with Crippen molar-refractivity contribution in [2.75, 3.05) is 26.7 Å². The van der Waals surface area contributed by atoms with Gasteiger partial charge in [0, 0.05) is 29.7 Å². The first-order valence-corrected chi connectivity index (χ1v) is 9.34. The Morgan fingerprint density at radius 2 is 1.96 bits per heavy atom. The molecule has 0 saturated carbocycles. The van der Waals surface area contributed by atoms with Gasteiger partial charge in [0.25, 0.3) is 0 Å². The van der Waals surface area contributed by atoms with Gasteiger partial charge in [-0.2, -0.15) is 0 Å². The molecule has 0 aliphatic rings. The summed E-state index contributed by atoms with van der Waals surface area (Å²) >= 11 is 1.83. The maximum Gasteiger partial charge on any atom is 0.305 e. The van der Waals surface area contributed by atoms with E-state index in [4.69, 9.17) is 0 Å². The van der Waals surface area contributed by atoms with Crippen molar-refractivity contribution in [1.82, 2.24) is 10.6 Å². The van der Waals surface area contributed by atoms with Gasteiger partial charge in [0.2, 0.25) is 0 Å². The molecule has 2 N–H and O–H groups in total. The normalized spacial score (nSPS) is 12.0. The molecule has 0 saturated heterocycles. The molecule has 0 radical (unpaired) electrons. The van der Waals surface area contributed by atoms with Crippen molar-refractivity contribution in [3.63, 3.8) is 0 Å². The molecule has 142 valence electrons. The number of esters is 1. The van der Waals surface area contributed by atoms with Crippen LogP contribution >= 0.6 is 35.7 Å². The zero-order valence-electron chi connectivity index (χ0n) is 15.3. The van der Waals surface area contributed by atoms with E-state index in [2.05, 4.69) is 58.5 Å². The molecule has 1 atom stereocenters. The molecular formula is C18H30IN3O2S. The van der Waals surface area contributed by atoms with E-state index < -0.39 is 0 Å². The fourth-order valence-corrected chi connectivity index (χ4v) is 2.96. The van der Waals surface area contributed by atoms with Gasteiger partial charge in [-0.25, -0.2) is 0 Å². The summed E-state index contributed by atoms with van der Waals surface area (Å²) in [4.78, 5) is 17.0. The maximum atomic E-state index is 11.1. The van der Waals surface area contributed by atoms with Gasteiger partial charge < -0.3 is 15.4 Å². The molecule has 0 aliphatic heterocycles. The minimum Gasteiger partial charge on any atom is -0.469 e. The molecule has 5 nitrogen and oxygen atoms in total. The molecule has 7 heteroatoms. The molecule has 0 fully saturated rings. The summed E-state index contributed by atoms with van der Waals surface area (Å²) in [5.74, 6) is 0.679. The molecule has 0 aliphatic carbocycles. The van der Waals surface area contributed by atoms with Crippen molar-refractivity contribution in [2.45, 2.75) is 43.3 Å². The summed E-state index contributed by atoms with van der Waals surface area (Å²) in [5.41, 5.74) is 0. The Hall–Kier alpha value is -0.960. The number of ether oxygens (including phenoxy) is 1. The smallest absolute Gasteiger partial charge is 0.305 e. The summed E-state index contributed by atoms with van der Waals surface area (Å²) in [6, 6.07) is 10.4. The first kappa shape index (κ1) is 24.0. The zero-order chi connectivity index (χ0) is 17.6. The number of nitrogens with one attached hydrogen (secondary N) is 2. The number of thioether (sulfide) groups is 1. The van der Waals surface area contributed by atoms with Gasteiger partial charge >= 0.3 is 5.97 Å². The Morgan fingerprint density at radius 1 is 1.24 bits per heavy atom. The van der Waals surface area contributed by atoms with Crippen LogP contribution in [0, 0.1) is 0 Å². The number of guanidine groups is 1. The third kappa shape index (κ3) is 12.1. The Morgan fingerprint density at radius 3 is 2.60 bits per heavy atom. The third-order valence-corrected chi connectivity index (χ3v) is 4.35. The molecule has 0 amide bonds. The van der Waals surface area contributed by atoms with Crippen molar-refractivity contribution in [3.8, 4) is 0 Å². The Kier molecular flexibility index (Phi) is 14.7. The highest BCUT2D eigenvalue weighted by Gasteiger charge is 2.05. The van der Waals surface area contributed by atoms with Crippen LogP contribution in [0.15, 0.2) is 40.2 Å². The number of unbranched alkanes of at least 4 members (excludes halogenated alkanes) is 1. The van der Waals surface area contributed by atoms with Gasteiger partial charge in [-0.1, -0.05) is 25.1 Å². The summed E-state index contributed by atoms with van der Waals surface area (Å²) < 4.78 is 4.63. The quantitative estimate of drug-likeness (QED) is 0.134. The number of hydrogen-bond donors (Lipinski definition) is 2. The number of carbonyl (C=O) groups is 1. The van der Waals surface area contributed by atoms with Crippen LogP contribution in [0.4, 0.5) is 0 Å². The molecule has 0 bridgehead atoms. The van der Waals surface area contributed by atoms with Crippen molar-refractivity contribution < 1.29 is 9.53 Å². The number of halogens is 1. The second-order valence-electron chi connectivity index (χ2n) is 5.42. The number of aliphatic imine (C=N–C) groups is 1. The summed E-state index contributed by atoms with van der Waals surface area (Å²) in [7, 11) is 1.42. The van der Waals surface area contributed by atoms with Crippen LogP contribution in [-0.2, 0) is 9.53 Å². The van der Waals surface area contributed by atoms with Crippen LogP contribution in [0.3, 0.4) is 0 Å². The number of benzene rings is 1. The summed E-state index contributed by atoms with van der Waals surface area (Å²) in [6.45, 7) is 6.60. The highest BCUT2D eigenvalue weighted by atomic mass is 127. The minimum atomic E-state index is -0.151. The highest BCUT2D eigenvalue weighted by molar-refractivity contribution is 14.0. The van der Waals surface area contributed by atoms with E-state index in [1.165, 1.54) is 12.0 Å². The van der Waals surface area contributed by atoms with Gasteiger partial charge in [-0.05, 0) is 31.9 Å². The lowest BCUT2D eigenvalue weighted by Gasteiger charge is -2.13. The average molecular weight is 479 g/mol. The van der Waals surface area contributed by atoms with E-state index in [0.29, 0.717) is 11.7 Å². The Bertz CT molecular complexity index is 500. The monoisotopic (exact) mass is 479 g/mol. The van der Waals surface area contributed by atoms with Gasteiger partial charge in [0.1, 0.15) is 0 Å². The van der Waals surface area contributed by atoms with Crippen LogP contribution in [0.25, 0.3) is 0 Å². The molecule has 25 heavy (non-hydrogen) atoms. The lowest BCUT2D eigenvalue weighted by Crippen LogP contribution is -2.38. The first-order chi connectivity index (χ1) is 11.7. The zero-order valence-corrected chi connectivity index (χ0v) is 18.4. The number of rotatable bonds is 10. The van der Waals surface area contributed by atoms with Crippen LogP contribution in [0.5, 0.6) is 0 Å². The van der Waals surface area contributed by atoms with E-state index in [1.807, 2.05) is 17.8 Å². The second-order valence-corrected chi connectivity index (χ2v) is 6.93. The number of methoxy groups -OCH3 is 1. The SMILES string of the molecule is CCNC(=NCC(C)Sc1ccccc1)NCCCCC(=O)OC.I. The van der Waals surface area contributed by atoms with Crippen molar-refractivity contribution >= 4 is 47.7 Å². The first-order valence-electron chi connectivity index (χ1n) is 8.46. The van der Waals surface area contributed by atoms with E-state index in [-0.39, 0.29) is 29.9 Å². The molecule has 1 aromatic rings. The van der Waals surface area contributed by atoms with Crippen LogP contribution < -0.4 is 10.6 Å². The Balaban J connectivity index is 0.00000576. The molecule has 1 rings (SSSR count). The second kappa shape index (κ2) is 15.3. The molecular weight excluding hydrogens is 449 g/mol. The standard InChI is InChI=1S/C18H29N3O2S.HI/c1-4-19-18(20-13-9-8-12-17(22)23-3)21-14-15(2)24-16-10-6-5-7-11-16;/h5-7,10-11,15H,4,8-9,12-14H2,1-3H3,(H2,19,20,21);1H. The van der Waals surface area contributed by atoms with Crippen LogP contribution in [0.1, 0.15) is 33.1 Å². The largest absolute Gasteiger partial charge is 0.469 e. The summed E-state index contributed by atoms with van der Waals surface area (Å²) in [5, 5.41) is 6.96. The summed E-state index contributed by atoms with van der Waals surface area (Å²) in [6.07, 6.45) is 2.20. The third-order valence-electron chi connectivity index (χ3n) is 3.26. The molecule has 0 spiro atoms. The van der Waals surface area contributed by atoms with E-state index in [0.717, 1.165) is 38.4 Å². The fraction of sp³-hybridized carbons (Fsp3) is 0.556. The lowest BCUT2D eigenvalue weighted by molar-refractivity contribution is -0.140. The van der Waals surface area contributed by atoms with Gasteiger partial charge in [0.15, 0.2) is 5.96 Å². The molecule has 1 unspecified atom stereocenters. The van der Waals surface area contributed by atoms with Crippen LogP contribution in [-0.4, -0.2) is 43.9 Å². The topological polar surface area (TPSA) is 62.7 Å². The lowest BCUT2D eigenvalue weighted by atomic mass is 10.2. The predicted octanol–water partition coefficient (Wildman–Crippen LogP) is 3.68. The number of carbonyl (C=O) groups excluding carboxylic acids is 1. The number of hydrogen-bond acceptors (Lipinski definition) is 4. The minimum absolute atomic E-state index is 0. The highest BCUT2D eigenvalue weighted by Crippen LogP contribution is 2.22. The van der Waals surface area contributed by atoms with Gasteiger partial charge in [0.05, 0.1) is 13.7 Å². The van der Waals surface area contributed by atoms with E-state index >= 15 is 0 Å². The van der Waals surface area contributed by atoms with Crippen molar-refractivity contribution in [3.05, 3.63) is 30.3 Å².